The molecule has 2 unspecified atom stereocenters. The summed E-state index contributed by atoms with van der Waals surface area (Å²) in [6, 6.07) is 3.74. The zero-order chi connectivity index (χ0) is 13.1. The number of aryl methyl sites for hydroxylation is 2. The Morgan fingerprint density at radius 1 is 1.44 bits per heavy atom. The first-order valence-corrected chi connectivity index (χ1v) is 7.34. The molecule has 2 rings (SSSR count). The number of nitrogens with one attached hydrogen (secondary N) is 1. The summed E-state index contributed by atoms with van der Waals surface area (Å²) in [5.74, 6) is 0.607. The van der Waals surface area contributed by atoms with E-state index in [2.05, 4.69) is 26.2 Å². The van der Waals surface area contributed by atoms with Crippen molar-refractivity contribution in [3.63, 3.8) is 0 Å². The monoisotopic (exact) mass is 310 g/mol. The highest BCUT2D eigenvalue weighted by atomic mass is 79.9. The van der Waals surface area contributed by atoms with Gasteiger partial charge in [-0.2, -0.15) is 0 Å². The number of nitrogens with zero attached hydrogens (tertiary/aromatic N) is 1. The Kier molecular flexibility index (Phi) is 4.38. The predicted octanol–water partition coefficient (Wildman–Crippen LogP) is 2.99. The van der Waals surface area contributed by atoms with Gasteiger partial charge in [-0.25, -0.2) is 0 Å². The second-order valence-electron chi connectivity index (χ2n) is 5.07. The minimum absolute atomic E-state index is 0.00183. The van der Waals surface area contributed by atoms with Crippen LogP contribution in [0.5, 0.6) is 0 Å². The second kappa shape index (κ2) is 5.83. The molecule has 2 atom stereocenters. The van der Waals surface area contributed by atoms with Crippen LogP contribution in [-0.4, -0.2) is 22.3 Å². The molecule has 1 amide bonds. The lowest BCUT2D eigenvalue weighted by atomic mass is 10.1. The van der Waals surface area contributed by atoms with E-state index in [4.69, 9.17) is 0 Å². The van der Waals surface area contributed by atoms with Crippen molar-refractivity contribution in [3.05, 3.63) is 29.1 Å². The number of alkyl halides is 1. The second-order valence-corrected chi connectivity index (χ2v) is 6.37. The highest BCUT2D eigenvalue weighted by Gasteiger charge is 2.23. The molecule has 0 aromatic carbocycles. The summed E-state index contributed by atoms with van der Waals surface area (Å²) in [5.41, 5.74) is 2.44. The van der Waals surface area contributed by atoms with Crippen LogP contribution in [0.2, 0.25) is 0 Å². The lowest BCUT2D eigenvalue weighted by Crippen LogP contribution is -2.29. The van der Waals surface area contributed by atoms with Crippen molar-refractivity contribution < 1.29 is 4.79 Å². The molecule has 0 saturated heterocycles. The number of halogens is 1. The number of pyridine rings is 1. The largest absolute Gasteiger partial charge is 0.352 e. The van der Waals surface area contributed by atoms with Gasteiger partial charge in [-0.05, 0) is 51.2 Å². The average molecular weight is 311 g/mol. The van der Waals surface area contributed by atoms with E-state index in [0.717, 1.165) is 24.4 Å². The molecule has 1 saturated carbocycles. The fraction of sp³-hybridized carbons (Fsp3) is 0.571. The quantitative estimate of drug-likeness (QED) is 0.872. The van der Waals surface area contributed by atoms with Crippen molar-refractivity contribution in [2.75, 3.05) is 6.54 Å². The standard InChI is InChI=1S/C14H19BrN2O/c1-9-3-6-13(10(2)17-9)14(18)16-8-11-4-5-12(15)7-11/h3,6,11-12H,4-5,7-8H2,1-2H3,(H,16,18). The Hall–Kier alpha value is -0.900. The first-order valence-electron chi connectivity index (χ1n) is 6.43. The number of carbonyl (C=O) groups excluding carboxylic acids is 1. The zero-order valence-corrected chi connectivity index (χ0v) is 12.5. The molecular formula is C14H19BrN2O. The molecule has 0 radical (unpaired) electrons. The average Bonchev–Trinajstić information content (AvgIpc) is 2.72. The molecule has 4 heteroatoms. The Morgan fingerprint density at radius 3 is 2.83 bits per heavy atom. The summed E-state index contributed by atoms with van der Waals surface area (Å²) in [5, 5.41) is 3.02. The molecule has 1 aliphatic rings. The number of rotatable bonds is 3. The summed E-state index contributed by atoms with van der Waals surface area (Å²) in [7, 11) is 0. The number of aromatic nitrogens is 1. The fourth-order valence-electron chi connectivity index (χ4n) is 2.46. The molecule has 98 valence electrons. The van der Waals surface area contributed by atoms with Crippen LogP contribution in [0.1, 0.15) is 41.0 Å². The topological polar surface area (TPSA) is 42.0 Å². The van der Waals surface area contributed by atoms with Crippen LogP contribution < -0.4 is 5.32 Å². The molecule has 18 heavy (non-hydrogen) atoms. The van der Waals surface area contributed by atoms with Crippen molar-refractivity contribution in [3.8, 4) is 0 Å². The summed E-state index contributed by atoms with van der Waals surface area (Å²) >= 11 is 3.63. The molecular weight excluding hydrogens is 292 g/mol. The van der Waals surface area contributed by atoms with Gasteiger partial charge in [0.2, 0.25) is 0 Å². The molecule has 0 spiro atoms. The third-order valence-electron chi connectivity index (χ3n) is 3.50. The highest BCUT2D eigenvalue weighted by Crippen LogP contribution is 2.30. The lowest BCUT2D eigenvalue weighted by Gasteiger charge is -2.12. The maximum atomic E-state index is 12.1. The molecule has 1 heterocycles. The van der Waals surface area contributed by atoms with Gasteiger partial charge in [0, 0.05) is 17.1 Å². The normalized spacial score (nSPS) is 23.1. The van der Waals surface area contributed by atoms with E-state index in [9.17, 15) is 4.79 Å². The Balaban J connectivity index is 1.91. The third kappa shape index (κ3) is 3.31. The minimum atomic E-state index is -0.00183. The molecule has 1 aliphatic carbocycles. The zero-order valence-electron chi connectivity index (χ0n) is 10.9. The molecule has 0 aliphatic heterocycles. The molecule has 0 bridgehead atoms. The van der Waals surface area contributed by atoms with E-state index in [1.165, 1.54) is 12.8 Å². The number of hydrogen-bond donors (Lipinski definition) is 1. The summed E-state index contributed by atoms with van der Waals surface area (Å²) in [6.45, 7) is 4.59. The van der Waals surface area contributed by atoms with Gasteiger partial charge in [0.15, 0.2) is 0 Å². The smallest absolute Gasteiger partial charge is 0.253 e. The van der Waals surface area contributed by atoms with Crippen LogP contribution in [0.25, 0.3) is 0 Å². The van der Waals surface area contributed by atoms with E-state index in [1.807, 2.05) is 26.0 Å². The molecule has 1 N–H and O–H groups in total. The Bertz CT molecular complexity index is 447. The van der Waals surface area contributed by atoms with E-state index in [1.54, 1.807) is 0 Å². The first kappa shape index (κ1) is 13.5. The van der Waals surface area contributed by atoms with E-state index < -0.39 is 0 Å². The first-order chi connectivity index (χ1) is 8.56. The van der Waals surface area contributed by atoms with Crippen LogP contribution in [0, 0.1) is 19.8 Å². The summed E-state index contributed by atoms with van der Waals surface area (Å²) in [4.78, 5) is 17.0. The number of hydrogen-bond acceptors (Lipinski definition) is 2. The fourth-order valence-corrected chi connectivity index (χ4v) is 3.25. The molecule has 1 fully saturated rings. The van der Waals surface area contributed by atoms with Crippen LogP contribution in [-0.2, 0) is 0 Å². The van der Waals surface area contributed by atoms with Crippen molar-refractivity contribution in [2.24, 2.45) is 5.92 Å². The van der Waals surface area contributed by atoms with Gasteiger partial charge in [0.05, 0.1) is 11.3 Å². The highest BCUT2D eigenvalue weighted by molar-refractivity contribution is 9.09. The predicted molar refractivity (Wildman–Crippen MR) is 76.1 cm³/mol. The minimum Gasteiger partial charge on any atom is -0.352 e. The van der Waals surface area contributed by atoms with Crippen LogP contribution in [0.15, 0.2) is 12.1 Å². The van der Waals surface area contributed by atoms with Gasteiger partial charge in [0.1, 0.15) is 0 Å². The maximum absolute atomic E-state index is 12.1. The van der Waals surface area contributed by atoms with Gasteiger partial charge >= 0.3 is 0 Å². The van der Waals surface area contributed by atoms with Gasteiger partial charge in [-0.1, -0.05) is 15.9 Å². The third-order valence-corrected chi connectivity index (χ3v) is 4.33. The van der Waals surface area contributed by atoms with Crippen molar-refractivity contribution in [1.82, 2.24) is 10.3 Å². The summed E-state index contributed by atoms with van der Waals surface area (Å²) in [6.07, 6.45) is 3.57. The van der Waals surface area contributed by atoms with Crippen molar-refractivity contribution in [2.45, 2.75) is 37.9 Å². The van der Waals surface area contributed by atoms with Crippen LogP contribution >= 0.6 is 15.9 Å². The lowest BCUT2D eigenvalue weighted by molar-refractivity contribution is 0.0946. The SMILES string of the molecule is Cc1ccc(C(=O)NCC2CCC(Br)C2)c(C)n1. The maximum Gasteiger partial charge on any atom is 0.253 e. The Morgan fingerprint density at radius 2 is 2.22 bits per heavy atom. The van der Waals surface area contributed by atoms with E-state index >= 15 is 0 Å². The van der Waals surface area contributed by atoms with Gasteiger partial charge in [0.25, 0.3) is 5.91 Å². The van der Waals surface area contributed by atoms with E-state index in [0.29, 0.717) is 16.3 Å². The van der Waals surface area contributed by atoms with Crippen LogP contribution in [0.3, 0.4) is 0 Å². The Labute approximate surface area is 117 Å². The molecule has 3 nitrogen and oxygen atoms in total. The van der Waals surface area contributed by atoms with E-state index in [-0.39, 0.29) is 5.91 Å². The summed E-state index contributed by atoms with van der Waals surface area (Å²) < 4.78 is 0. The molecule has 1 aromatic rings. The number of carbonyl (C=O) groups is 1. The van der Waals surface area contributed by atoms with Crippen LogP contribution in [0.4, 0.5) is 0 Å². The van der Waals surface area contributed by atoms with Crippen molar-refractivity contribution >= 4 is 21.8 Å². The van der Waals surface area contributed by atoms with Gasteiger partial charge < -0.3 is 5.32 Å². The number of amides is 1. The van der Waals surface area contributed by atoms with Gasteiger partial charge in [-0.15, -0.1) is 0 Å². The van der Waals surface area contributed by atoms with Gasteiger partial charge in [-0.3, -0.25) is 9.78 Å². The molecule has 1 aromatic heterocycles. The van der Waals surface area contributed by atoms with Crippen molar-refractivity contribution in [1.29, 1.82) is 0 Å².